The summed E-state index contributed by atoms with van der Waals surface area (Å²) in [5, 5.41) is 5.62. The Labute approximate surface area is 120 Å². The van der Waals surface area contributed by atoms with E-state index in [1.54, 1.807) is 11.1 Å². The van der Waals surface area contributed by atoms with Crippen molar-refractivity contribution in [3.05, 3.63) is 59.7 Å². The van der Waals surface area contributed by atoms with Gasteiger partial charge in [-0.25, -0.2) is 0 Å². The summed E-state index contributed by atoms with van der Waals surface area (Å²) in [4.78, 5) is 0. The summed E-state index contributed by atoms with van der Waals surface area (Å²) in [7, 11) is 0. The lowest BCUT2D eigenvalue weighted by atomic mass is 9.76. The second-order valence-electron chi connectivity index (χ2n) is 6.33. The first-order chi connectivity index (χ1) is 9.75. The van der Waals surface area contributed by atoms with Crippen molar-refractivity contribution in [2.24, 2.45) is 0 Å². The van der Waals surface area contributed by atoms with Crippen molar-refractivity contribution in [3.63, 3.8) is 0 Å². The van der Waals surface area contributed by atoms with Gasteiger partial charge in [-0.05, 0) is 57.3 Å². The van der Waals surface area contributed by atoms with Gasteiger partial charge in [-0.1, -0.05) is 62.4 Å². The van der Waals surface area contributed by atoms with Crippen LogP contribution in [0, 0.1) is 0 Å². The largest absolute Gasteiger partial charge is 0.0616 e. The van der Waals surface area contributed by atoms with Crippen molar-refractivity contribution in [1.82, 2.24) is 0 Å². The predicted octanol–water partition coefficient (Wildman–Crippen LogP) is 5.99. The molecule has 0 nitrogen and oxygen atoms in total. The zero-order valence-corrected chi connectivity index (χ0v) is 12.2. The fourth-order valence-corrected chi connectivity index (χ4v) is 3.91. The highest BCUT2D eigenvalue weighted by Crippen LogP contribution is 2.43. The maximum atomic E-state index is 2.39. The summed E-state index contributed by atoms with van der Waals surface area (Å²) < 4.78 is 0. The molecule has 0 fully saturated rings. The van der Waals surface area contributed by atoms with Crippen molar-refractivity contribution >= 4 is 21.5 Å². The average molecular weight is 260 g/mol. The third-order valence-corrected chi connectivity index (χ3v) is 5.06. The molecule has 0 aliphatic heterocycles. The Hall–Kier alpha value is -1.82. The van der Waals surface area contributed by atoms with Gasteiger partial charge in [0, 0.05) is 0 Å². The highest BCUT2D eigenvalue weighted by atomic mass is 14.3. The number of fused-ring (bicyclic) bond motifs is 5. The molecule has 3 aromatic carbocycles. The smallest absolute Gasteiger partial charge is 0.0102 e. The summed E-state index contributed by atoms with van der Waals surface area (Å²) >= 11 is 0. The van der Waals surface area contributed by atoms with Crippen LogP contribution in [0.5, 0.6) is 0 Å². The Bertz CT molecular complexity index is 798. The molecular formula is C20H20. The van der Waals surface area contributed by atoms with Gasteiger partial charge in [-0.3, -0.25) is 0 Å². The quantitative estimate of drug-likeness (QED) is 0.435. The lowest BCUT2D eigenvalue weighted by Crippen LogP contribution is -2.11. The van der Waals surface area contributed by atoms with E-state index in [1.807, 2.05) is 0 Å². The van der Waals surface area contributed by atoms with Crippen molar-refractivity contribution < 1.29 is 0 Å². The van der Waals surface area contributed by atoms with E-state index in [4.69, 9.17) is 0 Å². The molecule has 100 valence electrons. The zero-order valence-electron chi connectivity index (χ0n) is 12.2. The van der Waals surface area contributed by atoms with Crippen LogP contribution in [0.4, 0.5) is 0 Å². The van der Waals surface area contributed by atoms with Crippen LogP contribution in [0.2, 0.25) is 0 Å². The Morgan fingerprint density at radius 2 is 1.45 bits per heavy atom. The molecule has 2 unspecified atom stereocenters. The van der Waals surface area contributed by atoms with E-state index in [0.29, 0.717) is 11.8 Å². The van der Waals surface area contributed by atoms with Crippen LogP contribution in [0.1, 0.15) is 49.7 Å². The van der Waals surface area contributed by atoms with Crippen LogP contribution in [0.3, 0.4) is 0 Å². The van der Waals surface area contributed by atoms with Crippen LogP contribution in [0.15, 0.2) is 48.5 Å². The van der Waals surface area contributed by atoms with Crippen LogP contribution in [0.25, 0.3) is 21.5 Å². The van der Waals surface area contributed by atoms with Crippen molar-refractivity contribution in [1.29, 1.82) is 0 Å². The first kappa shape index (κ1) is 12.0. The molecule has 0 N–H and O–H groups in total. The molecule has 0 amide bonds. The minimum atomic E-state index is 0.686. The Balaban J connectivity index is 2.14. The normalized spacial score (nSPS) is 22.1. The standard InChI is InChI=1S/C20H20/c1-13-7-8-14(2)20-16(13)11-12-18-17-6-4-3-5-15(17)9-10-19(18)20/h3-6,9-14H,7-8H2,1-2H3. The molecular weight excluding hydrogens is 240 g/mol. The van der Waals surface area contributed by atoms with E-state index in [1.165, 1.54) is 34.4 Å². The minimum absolute atomic E-state index is 0.686. The van der Waals surface area contributed by atoms with Gasteiger partial charge in [0.05, 0.1) is 0 Å². The van der Waals surface area contributed by atoms with E-state index in [2.05, 4.69) is 62.4 Å². The first-order valence-corrected chi connectivity index (χ1v) is 7.70. The second kappa shape index (κ2) is 4.34. The zero-order chi connectivity index (χ0) is 13.7. The van der Waals surface area contributed by atoms with Gasteiger partial charge in [0.2, 0.25) is 0 Å². The van der Waals surface area contributed by atoms with Crippen LogP contribution in [-0.2, 0) is 0 Å². The van der Waals surface area contributed by atoms with Gasteiger partial charge in [0.15, 0.2) is 0 Å². The number of hydrogen-bond donors (Lipinski definition) is 0. The van der Waals surface area contributed by atoms with Gasteiger partial charge < -0.3 is 0 Å². The van der Waals surface area contributed by atoms with Gasteiger partial charge in [0.1, 0.15) is 0 Å². The van der Waals surface area contributed by atoms with Crippen molar-refractivity contribution in [3.8, 4) is 0 Å². The minimum Gasteiger partial charge on any atom is -0.0616 e. The van der Waals surface area contributed by atoms with Crippen LogP contribution >= 0.6 is 0 Å². The molecule has 4 rings (SSSR count). The third-order valence-electron chi connectivity index (χ3n) is 5.06. The Kier molecular flexibility index (Phi) is 2.60. The molecule has 1 aliphatic carbocycles. The summed E-state index contributed by atoms with van der Waals surface area (Å²) in [6.45, 7) is 4.76. The summed E-state index contributed by atoms with van der Waals surface area (Å²) in [6, 6.07) is 18.1. The molecule has 0 radical (unpaired) electrons. The Morgan fingerprint density at radius 3 is 2.35 bits per heavy atom. The fraction of sp³-hybridized carbons (Fsp3) is 0.300. The van der Waals surface area contributed by atoms with Gasteiger partial charge in [-0.2, -0.15) is 0 Å². The lowest BCUT2D eigenvalue weighted by molar-refractivity contribution is 0.531. The molecule has 1 aliphatic rings. The average Bonchev–Trinajstić information content (AvgIpc) is 2.50. The highest BCUT2D eigenvalue weighted by molar-refractivity contribution is 6.08. The molecule has 2 atom stereocenters. The molecule has 0 bridgehead atoms. The number of rotatable bonds is 0. The predicted molar refractivity (Wildman–Crippen MR) is 87.5 cm³/mol. The number of benzene rings is 3. The Morgan fingerprint density at radius 1 is 0.700 bits per heavy atom. The molecule has 0 spiro atoms. The van der Waals surface area contributed by atoms with Gasteiger partial charge >= 0.3 is 0 Å². The lowest BCUT2D eigenvalue weighted by Gasteiger charge is -2.29. The molecule has 0 saturated carbocycles. The second-order valence-corrected chi connectivity index (χ2v) is 6.33. The van der Waals surface area contributed by atoms with E-state index < -0.39 is 0 Å². The van der Waals surface area contributed by atoms with Crippen LogP contribution < -0.4 is 0 Å². The van der Waals surface area contributed by atoms with E-state index in [0.717, 1.165) is 0 Å². The van der Waals surface area contributed by atoms with Gasteiger partial charge in [-0.15, -0.1) is 0 Å². The van der Waals surface area contributed by atoms with E-state index in [9.17, 15) is 0 Å². The topological polar surface area (TPSA) is 0 Å². The summed E-state index contributed by atoms with van der Waals surface area (Å²) in [6.07, 6.45) is 2.65. The van der Waals surface area contributed by atoms with Crippen molar-refractivity contribution in [2.45, 2.75) is 38.5 Å². The molecule has 0 aromatic heterocycles. The summed E-state index contributed by atoms with van der Waals surface area (Å²) in [5.74, 6) is 1.39. The maximum Gasteiger partial charge on any atom is -0.0102 e. The SMILES string of the molecule is CC1CCC(C)c2c1ccc1c2ccc2ccccc21. The van der Waals surface area contributed by atoms with Crippen LogP contribution in [-0.4, -0.2) is 0 Å². The first-order valence-electron chi connectivity index (χ1n) is 7.70. The summed E-state index contributed by atoms with van der Waals surface area (Å²) in [5.41, 5.74) is 3.18. The highest BCUT2D eigenvalue weighted by Gasteiger charge is 2.23. The van der Waals surface area contributed by atoms with E-state index >= 15 is 0 Å². The fourth-order valence-electron chi connectivity index (χ4n) is 3.91. The van der Waals surface area contributed by atoms with Gasteiger partial charge in [0.25, 0.3) is 0 Å². The molecule has 0 heteroatoms. The molecule has 3 aromatic rings. The monoisotopic (exact) mass is 260 g/mol. The van der Waals surface area contributed by atoms with Crippen molar-refractivity contribution in [2.75, 3.05) is 0 Å². The number of hydrogen-bond acceptors (Lipinski definition) is 0. The maximum absolute atomic E-state index is 2.39. The molecule has 0 saturated heterocycles. The van der Waals surface area contributed by atoms with E-state index in [-0.39, 0.29) is 0 Å². The molecule has 20 heavy (non-hydrogen) atoms. The third kappa shape index (κ3) is 1.61. The molecule has 0 heterocycles.